The smallest absolute Gasteiger partial charge is 0.314 e. The molecule has 0 saturated carbocycles. The van der Waals surface area contributed by atoms with Crippen LogP contribution in [0.15, 0.2) is 16.4 Å². The lowest BCUT2D eigenvalue weighted by atomic mass is 9.86. The maximum absolute atomic E-state index is 10.9. The van der Waals surface area contributed by atoms with Crippen LogP contribution in [0.3, 0.4) is 0 Å². The molecule has 0 aromatic rings. The minimum atomic E-state index is -1.09. The molecular weight excluding hydrogens is 186 g/mol. The summed E-state index contributed by atoms with van der Waals surface area (Å²) >= 11 is 0. The van der Waals surface area contributed by atoms with Crippen molar-refractivity contribution in [2.45, 2.75) is 13.3 Å². The molecule has 1 rings (SSSR count). The number of aliphatic hydroxyl groups excluding tert-OH is 2. The van der Waals surface area contributed by atoms with Gasteiger partial charge in [-0.15, -0.1) is 0 Å². The maximum Gasteiger partial charge on any atom is 0.314 e. The maximum atomic E-state index is 10.9. The van der Waals surface area contributed by atoms with E-state index in [9.17, 15) is 9.90 Å². The van der Waals surface area contributed by atoms with Gasteiger partial charge in [-0.1, -0.05) is 0 Å². The average Bonchev–Trinajstić information content (AvgIpc) is 2.11. The fraction of sp³-hybridized carbons (Fsp3) is 0.556. The van der Waals surface area contributed by atoms with E-state index in [-0.39, 0.29) is 18.8 Å². The number of aliphatic carboxylic acids is 1. The number of nitrogens with zero attached hydrogens (tertiary/aromatic N) is 1. The monoisotopic (exact) mass is 199 g/mol. The standard InChI is InChI=1S/C9H13NO4/c1-5-8(12)7(9(13)14)6(2-3-11)4-10-5/h4,6-7,11-12H,2-3H2,1H3,(H,13,14). The molecule has 0 radical (unpaired) electrons. The van der Waals surface area contributed by atoms with Gasteiger partial charge in [-0.05, 0) is 13.3 Å². The highest BCUT2D eigenvalue weighted by Crippen LogP contribution is 2.27. The Morgan fingerprint density at radius 3 is 2.79 bits per heavy atom. The summed E-state index contributed by atoms with van der Waals surface area (Å²) in [6.07, 6.45) is 1.77. The van der Waals surface area contributed by atoms with Crippen LogP contribution in [-0.2, 0) is 4.79 Å². The van der Waals surface area contributed by atoms with E-state index in [4.69, 9.17) is 10.2 Å². The Balaban J connectivity index is 2.92. The molecule has 1 aliphatic rings. The lowest BCUT2D eigenvalue weighted by Gasteiger charge is -2.23. The van der Waals surface area contributed by atoms with E-state index in [0.717, 1.165) is 0 Å². The van der Waals surface area contributed by atoms with Gasteiger partial charge in [-0.2, -0.15) is 0 Å². The molecule has 0 fully saturated rings. The molecule has 78 valence electrons. The predicted molar refractivity (Wildman–Crippen MR) is 50.1 cm³/mol. The first-order valence-electron chi connectivity index (χ1n) is 4.35. The summed E-state index contributed by atoms with van der Waals surface area (Å²) < 4.78 is 0. The van der Waals surface area contributed by atoms with Gasteiger partial charge in [0.25, 0.3) is 0 Å². The summed E-state index contributed by atoms with van der Waals surface area (Å²) in [5.74, 6) is -2.70. The van der Waals surface area contributed by atoms with Crippen molar-refractivity contribution in [3.05, 3.63) is 11.5 Å². The Bertz CT molecular complexity index is 295. The van der Waals surface area contributed by atoms with Gasteiger partial charge in [0.2, 0.25) is 0 Å². The molecule has 0 aromatic carbocycles. The van der Waals surface area contributed by atoms with Gasteiger partial charge in [-0.3, -0.25) is 9.79 Å². The minimum Gasteiger partial charge on any atom is -0.509 e. The predicted octanol–water partition coefficient (Wildman–Crippen LogP) is 0.560. The normalized spacial score (nSPS) is 26.7. The summed E-state index contributed by atoms with van der Waals surface area (Å²) in [5.41, 5.74) is 0.326. The van der Waals surface area contributed by atoms with Gasteiger partial charge >= 0.3 is 5.97 Å². The van der Waals surface area contributed by atoms with Crippen molar-refractivity contribution in [3.8, 4) is 0 Å². The van der Waals surface area contributed by atoms with Gasteiger partial charge in [0, 0.05) is 18.7 Å². The molecule has 2 unspecified atom stereocenters. The van der Waals surface area contributed by atoms with Gasteiger partial charge in [0.15, 0.2) is 0 Å². The Morgan fingerprint density at radius 1 is 1.64 bits per heavy atom. The number of carbonyl (C=O) groups is 1. The zero-order chi connectivity index (χ0) is 10.7. The van der Waals surface area contributed by atoms with Crippen LogP contribution in [0.5, 0.6) is 0 Å². The second-order valence-electron chi connectivity index (χ2n) is 3.24. The Hall–Kier alpha value is -1.36. The highest BCUT2D eigenvalue weighted by molar-refractivity contribution is 5.81. The molecule has 0 amide bonds. The summed E-state index contributed by atoms with van der Waals surface area (Å²) in [4.78, 5) is 14.7. The quantitative estimate of drug-likeness (QED) is 0.619. The van der Waals surface area contributed by atoms with Gasteiger partial charge in [-0.25, -0.2) is 0 Å². The fourth-order valence-electron chi connectivity index (χ4n) is 1.48. The molecule has 5 heteroatoms. The van der Waals surface area contributed by atoms with Crippen LogP contribution < -0.4 is 0 Å². The van der Waals surface area contributed by atoms with Crippen molar-refractivity contribution in [3.63, 3.8) is 0 Å². The summed E-state index contributed by atoms with van der Waals surface area (Å²) in [7, 11) is 0. The zero-order valence-corrected chi connectivity index (χ0v) is 7.84. The first kappa shape index (κ1) is 10.7. The van der Waals surface area contributed by atoms with Crippen LogP contribution in [0, 0.1) is 11.8 Å². The van der Waals surface area contributed by atoms with Crippen LogP contribution in [-0.4, -0.2) is 34.1 Å². The molecule has 0 saturated heterocycles. The van der Waals surface area contributed by atoms with Crippen molar-refractivity contribution in [1.29, 1.82) is 0 Å². The first-order chi connectivity index (χ1) is 6.57. The Labute approximate surface area is 81.4 Å². The molecule has 14 heavy (non-hydrogen) atoms. The third-order valence-electron chi connectivity index (χ3n) is 2.28. The van der Waals surface area contributed by atoms with E-state index in [2.05, 4.69) is 4.99 Å². The SMILES string of the molecule is CC1=C(O)C(C(=O)O)C(CCO)C=N1. The molecule has 3 N–H and O–H groups in total. The van der Waals surface area contributed by atoms with Gasteiger partial charge < -0.3 is 15.3 Å². The molecule has 5 nitrogen and oxygen atoms in total. The summed E-state index contributed by atoms with van der Waals surface area (Å²) in [6, 6.07) is 0. The van der Waals surface area contributed by atoms with Crippen LogP contribution >= 0.6 is 0 Å². The molecule has 0 bridgehead atoms. The number of carboxylic acids is 1. The average molecular weight is 199 g/mol. The van der Waals surface area contributed by atoms with E-state index in [1.165, 1.54) is 6.21 Å². The van der Waals surface area contributed by atoms with E-state index in [0.29, 0.717) is 5.70 Å². The Morgan fingerprint density at radius 2 is 2.29 bits per heavy atom. The van der Waals surface area contributed by atoms with Crippen molar-refractivity contribution >= 4 is 12.2 Å². The van der Waals surface area contributed by atoms with Gasteiger partial charge in [0.1, 0.15) is 11.7 Å². The van der Waals surface area contributed by atoms with Crippen LogP contribution in [0.25, 0.3) is 0 Å². The number of carboxylic acid groups (broad SMARTS) is 1. The zero-order valence-electron chi connectivity index (χ0n) is 7.84. The molecular formula is C9H13NO4. The van der Waals surface area contributed by atoms with E-state index >= 15 is 0 Å². The van der Waals surface area contributed by atoms with Crippen LogP contribution in [0.4, 0.5) is 0 Å². The second-order valence-corrected chi connectivity index (χ2v) is 3.24. The summed E-state index contributed by atoms with van der Waals surface area (Å²) in [6.45, 7) is 1.43. The molecule has 0 aromatic heterocycles. The number of hydrogen-bond donors (Lipinski definition) is 3. The molecule has 0 spiro atoms. The minimum absolute atomic E-state index is 0.118. The first-order valence-corrected chi connectivity index (χ1v) is 4.35. The van der Waals surface area contributed by atoms with Crippen LogP contribution in [0.1, 0.15) is 13.3 Å². The van der Waals surface area contributed by atoms with E-state index < -0.39 is 17.8 Å². The highest BCUT2D eigenvalue weighted by atomic mass is 16.4. The molecule has 1 aliphatic heterocycles. The number of aliphatic imine (C=N–C) groups is 1. The molecule has 0 aliphatic carbocycles. The lowest BCUT2D eigenvalue weighted by molar-refractivity contribution is -0.142. The topological polar surface area (TPSA) is 90.1 Å². The molecule has 2 atom stereocenters. The third-order valence-corrected chi connectivity index (χ3v) is 2.28. The third kappa shape index (κ3) is 1.93. The second kappa shape index (κ2) is 4.23. The highest BCUT2D eigenvalue weighted by Gasteiger charge is 2.33. The van der Waals surface area contributed by atoms with Crippen molar-refractivity contribution in [2.24, 2.45) is 16.8 Å². The largest absolute Gasteiger partial charge is 0.509 e. The molecule has 1 heterocycles. The lowest BCUT2D eigenvalue weighted by Crippen LogP contribution is -2.30. The van der Waals surface area contributed by atoms with Crippen molar-refractivity contribution in [1.82, 2.24) is 0 Å². The van der Waals surface area contributed by atoms with Crippen LogP contribution in [0.2, 0.25) is 0 Å². The number of aliphatic hydroxyl groups is 2. The van der Waals surface area contributed by atoms with Crippen molar-refractivity contribution in [2.75, 3.05) is 6.61 Å². The fourth-order valence-corrected chi connectivity index (χ4v) is 1.48. The summed E-state index contributed by atoms with van der Waals surface area (Å²) in [5, 5.41) is 27.1. The Kier molecular flexibility index (Phi) is 3.24. The number of hydrogen-bond acceptors (Lipinski definition) is 4. The van der Waals surface area contributed by atoms with E-state index in [1.807, 2.05) is 0 Å². The number of rotatable bonds is 3. The van der Waals surface area contributed by atoms with Gasteiger partial charge in [0.05, 0.1) is 5.70 Å². The van der Waals surface area contributed by atoms with E-state index in [1.54, 1.807) is 6.92 Å². The number of allylic oxidation sites excluding steroid dienone is 1. The van der Waals surface area contributed by atoms with Crippen molar-refractivity contribution < 1.29 is 20.1 Å².